The molecule has 1 atom stereocenters. The van der Waals surface area contributed by atoms with Crippen molar-refractivity contribution in [2.45, 2.75) is 44.6 Å². The summed E-state index contributed by atoms with van der Waals surface area (Å²) in [5.41, 5.74) is -0.526. The Hall–Kier alpha value is -0.610. The summed E-state index contributed by atoms with van der Waals surface area (Å²) in [5, 5.41) is 18.4. The van der Waals surface area contributed by atoms with Crippen LogP contribution in [0.1, 0.15) is 39.0 Å². The van der Waals surface area contributed by atoms with Crippen molar-refractivity contribution in [3.05, 3.63) is 0 Å². The highest BCUT2D eigenvalue weighted by Gasteiger charge is 2.24. The van der Waals surface area contributed by atoms with Crippen LogP contribution in [0, 0.1) is 0 Å². The third-order valence-corrected chi connectivity index (χ3v) is 3.02. The maximum Gasteiger partial charge on any atom is 0.303 e. The molecule has 0 spiro atoms. The van der Waals surface area contributed by atoms with E-state index in [4.69, 9.17) is 5.11 Å². The van der Waals surface area contributed by atoms with Crippen molar-refractivity contribution in [2.75, 3.05) is 19.6 Å². The third kappa shape index (κ3) is 5.14. The smallest absolute Gasteiger partial charge is 0.303 e. The molecule has 0 aromatic heterocycles. The van der Waals surface area contributed by atoms with Gasteiger partial charge in [0, 0.05) is 13.0 Å². The lowest BCUT2D eigenvalue weighted by molar-refractivity contribution is -0.137. The zero-order chi connectivity index (χ0) is 11.3. The van der Waals surface area contributed by atoms with Crippen molar-refractivity contribution in [2.24, 2.45) is 0 Å². The molecule has 1 aliphatic heterocycles. The van der Waals surface area contributed by atoms with Crippen LogP contribution in [0.15, 0.2) is 0 Å². The maximum atomic E-state index is 10.4. The molecule has 0 aliphatic carbocycles. The summed E-state index contributed by atoms with van der Waals surface area (Å²) in [7, 11) is 0. The Bertz CT molecular complexity index is 216. The van der Waals surface area contributed by atoms with Crippen LogP contribution in [-0.2, 0) is 4.79 Å². The van der Waals surface area contributed by atoms with Gasteiger partial charge in [0.2, 0.25) is 0 Å². The average molecular weight is 215 g/mol. The van der Waals surface area contributed by atoms with Crippen LogP contribution in [0.3, 0.4) is 0 Å². The van der Waals surface area contributed by atoms with Gasteiger partial charge >= 0.3 is 5.97 Å². The molecule has 0 amide bonds. The molecule has 0 aromatic rings. The molecule has 1 rings (SSSR count). The monoisotopic (exact) mass is 215 g/mol. The normalized spacial score (nSPS) is 28.7. The lowest BCUT2D eigenvalue weighted by Gasteiger charge is -2.22. The van der Waals surface area contributed by atoms with Gasteiger partial charge in [0.25, 0.3) is 0 Å². The number of aliphatic carboxylic acids is 1. The second kappa shape index (κ2) is 5.47. The summed E-state index contributed by atoms with van der Waals surface area (Å²) in [6.07, 6.45) is 3.59. The third-order valence-electron chi connectivity index (χ3n) is 3.02. The van der Waals surface area contributed by atoms with Crippen molar-refractivity contribution in [3.8, 4) is 0 Å². The minimum Gasteiger partial charge on any atom is -0.481 e. The molecule has 4 nitrogen and oxygen atoms in total. The van der Waals surface area contributed by atoms with Crippen LogP contribution < -0.4 is 0 Å². The number of nitrogens with zero attached hydrogens (tertiary/aromatic N) is 1. The van der Waals surface area contributed by atoms with Crippen molar-refractivity contribution in [1.29, 1.82) is 0 Å². The van der Waals surface area contributed by atoms with Gasteiger partial charge < -0.3 is 15.1 Å². The van der Waals surface area contributed by atoms with E-state index >= 15 is 0 Å². The Morgan fingerprint density at radius 1 is 1.40 bits per heavy atom. The van der Waals surface area contributed by atoms with E-state index in [1.807, 2.05) is 6.92 Å². The summed E-state index contributed by atoms with van der Waals surface area (Å²) in [6.45, 7) is 4.58. The number of hydrogen-bond donors (Lipinski definition) is 2. The highest BCUT2D eigenvalue weighted by Crippen LogP contribution is 2.21. The molecule has 0 aromatic carbocycles. The van der Waals surface area contributed by atoms with Gasteiger partial charge in [0.05, 0.1) is 5.60 Å². The fourth-order valence-corrected chi connectivity index (χ4v) is 2.00. The summed E-state index contributed by atoms with van der Waals surface area (Å²) >= 11 is 0. The SMILES string of the molecule is CC1(O)CCCN(CCCC(=O)O)CC1. The quantitative estimate of drug-likeness (QED) is 0.737. The van der Waals surface area contributed by atoms with Crippen LogP contribution in [0.5, 0.6) is 0 Å². The van der Waals surface area contributed by atoms with Gasteiger partial charge in [0.1, 0.15) is 0 Å². The van der Waals surface area contributed by atoms with E-state index in [9.17, 15) is 9.90 Å². The van der Waals surface area contributed by atoms with Crippen LogP contribution in [-0.4, -0.2) is 46.3 Å². The molecular weight excluding hydrogens is 194 g/mol. The molecule has 1 heterocycles. The lowest BCUT2D eigenvalue weighted by Crippen LogP contribution is -2.29. The average Bonchev–Trinajstić information content (AvgIpc) is 2.27. The highest BCUT2D eigenvalue weighted by atomic mass is 16.4. The van der Waals surface area contributed by atoms with E-state index in [1.54, 1.807) is 0 Å². The number of aliphatic hydroxyl groups is 1. The number of likely N-dealkylation sites (tertiary alicyclic amines) is 1. The summed E-state index contributed by atoms with van der Waals surface area (Å²) in [6, 6.07) is 0. The van der Waals surface area contributed by atoms with Crippen molar-refractivity contribution in [1.82, 2.24) is 4.90 Å². The van der Waals surface area contributed by atoms with Gasteiger partial charge in [-0.05, 0) is 45.7 Å². The molecule has 0 radical (unpaired) electrons. The molecule has 1 unspecified atom stereocenters. The fourth-order valence-electron chi connectivity index (χ4n) is 2.00. The van der Waals surface area contributed by atoms with E-state index in [0.29, 0.717) is 6.42 Å². The molecule has 2 N–H and O–H groups in total. The first-order chi connectivity index (χ1) is 6.99. The molecule has 1 fully saturated rings. The van der Waals surface area contributed by atoms with Crippen molar-refractivity contribution >= 4 is 5.97 Å². The Balaban J connectivity index is 2.23. The summed E-state index contributed by atoms with van der Waals surface area (Å²) in [5.74, 6) is -0.725. The number of hydrogen-bond acceptors (Lipinski definition) is 3. The van der Waals surface area contributed by atoms with Gasteiger partial charge in [-0.15, -0.1) is 0 Å². The molecule has 1 aliphatic rings. The summed E-state index contributed by atoms with van der Waals surface area (Å²) in [4.78, 5) is 12.6. The van der Waals surface area contributed by atoms with Gasteiger partial charge in [-0.2, -0.15) is 0 Å². The van der Waals surface area contributed by atoms with E-state index in [-0.39, 0.29) is 6.42 Å². The fraction of sp³-hybridized carbons (Fsp3) is 0.909. The van der Waals surface area contributed by atoms with Gasteiger partial charge in [-0.25, -0.2) is 0 Å². The number of carboxylic acid groups (broad SMARTS) is 1. The molecule has 1 saturated heterocycles. The molecule has 0 saturated carbocycles. The second-order valence-corrected chi connectivity index (χ2v) is 4.69. The zero-order valence-electron chi connectivity index (χ0n) is 9.41. The highest BCUT2D eigenvalue weighted by molar-refractivity contribution is 5.66. The zero-order valence-corrected chi connectivity index (χ0v) is 9.41. The first-order valence-corrected chi connectivity index (χ1v) is 5.66. The standard InChI is InChI=1S/C11H21NO3/c1-11(15)5-3-8-12(9-6-11)7-2-4-10(13)14/h15H,2-9H2,1H3,(H,13,14). The van der Waals surface area contributed by atoms with E-state index in [1.165, 1.54) is 0 Å². The molecule has 0 bridgehead atoms. The molecule has 88 valence electrons. The minimum absolute atomic E-state index is 0.243. The lowest BCUT2D eigenvalue weighted by atomic mass is 9.98. The summed E-state index contributed by atoms with van der Waals surface area (Å²) < 4.78 is 0. The van der Waals surface area contributed by atoms with Crippen molar-refractivity contribution < 1.29 is 15.0 Å². The number of rotatable bonds is 4. The second-order valence-electron chi connectivity index (χ2n) is 4.69. The molecule has 4 heteroatoms. The molecule has 15 heavy (non-hydrogen) atoms. The van der Waals surface area contributed by atoms with E-state index < -0.39 is 11.6 Å². The number of carboxylic acids is 1. The largest absolute Gasteiger partial charge is 0.481 e. The Morgan fingerprint density at radius 3 is 2.80 bits per heavy atom. The first kappa shape index (κ1) is 12.5. The van der Waals surface area contributed by atoms with E-state index in [0.717, 1.165) is 38.9 Å². The Kier molecular flexibility index (Phi) is 4.54. The minimum atomic E-state index is -0.725. The van der Waals surface area contributed by atoms with Gasteiger partial charge in [-0.3, -0.25) is 4.79 Å². The van der Waals surface area contributed by atoms with Crippen LogP contribution in [0.2, 0.25) is 0 Å². The molecular formula is C11H21NO3. The van der Waals surface area contributed by atoms with Crippen LogP contribution >= 0.6 is 0 Å². The van der Waals surface area contributed by atoms with Crippen LogP contribution in [0.25, 0.3) is 0 Å². The number of carbonyl (C=O) groups is 1. The Morgan fingerprint density at radius 2 is 2.13 bits per heavy atom. The van der Waals surface area contributed by atoms with Gasteiger partial charge in [0.15, 0.2) is 0 Å². The Labute approximate surface area is 90.9 Å². The van der Waals surface area contributed by atoms with Crippen molar-refractivity contribution in [3.63, 3.8) is 0 Å². The predicted octanol–water partition coefficient (Wildman–Crippen LogP) is 1.09. The van der Waals surface area contributed by atoms with Crippen LogP contribution in [0.4, 0.5) is 0 Å². The first-order valence-electron chi connectivity index (χ1n) is 5.66. The van der Waals surface area contributed by atoms with E-state index in [2.05, 4.69) is 4.90 Å². The topological polar surface area (TPSA) is 60.8 Å². The maximum absolute atomic E-state index is 10.4. The van der Waals surface area contributed by atoms with Gasteiger partial charge in [-0.1, -0.05) is 0 Å². The predicted molar refractivity (Wildman–Crippen MR) is 57.8 cm³/mol.